The first kappa shape index (κ1) is 13.7. The lowest BCUT2D eigenvalue weighted by Crippen LogP contribution is -2.03. The van der Waals surface area contributed by atoms with Gasteiger partial charge in [-0.05, 0) is 34.1 Å². The SMILES string of the molecule is CCCCn1c(C)c(C(C)=O)c(C(C)=O)c1C. The molecule has 0 saturated heterocycles. The number of hydrogen-bond acceptors (Lipinski definition) is 2. The summed E-state index contributed by atoms with van der Waals surface area (Å²) in [5.74, 6) is -0.0444. The predicted octanol–water partition coefficient (Wildman–Crippen LogP) is 3.31. The fourth-order valence-electron chi connectivity index (χ4n) is 2.40. The first-order valence-corrected chi connectivity index (χ1v) is 6.13. The Morgan fingerprint density at radius 3 is 1.71 bits per heavy atom. The molecule has 0 N–H and O–H groups in total. The van der Waals surface area contributed by atoms with Crippen molar-refractivity contribution in [3.63, 3.8) is 0 Å². The number of rotatable bonds is 5. The number of unbranched alkanes of at least 4 members (excludes halogenated alkanes) is 1. The second-order valence-corrected chi connectivity index (χ2v) is 4.54. The fraction of sp³-hybridized carbons (Fsp3) is 0.571. The Bertz CT molecular complexity index is 418. The van der Waals surface area contributed by atoms with Gasteiger partial charge in [0.2, 0.25) is 0 Å². The summed E-state index contributed by atoms with van der Waals surface area (Å²) in [4.78, 5) is 23.3. The van der Waals surface area contributed by atoms with Crippen molar-refractivity contribution in [1.29, 1.82) is 0 Å². The van der Waals surface area contributed by atoms with Crippen LogP contribution >= 0.6 is 0 Å². The van der Waals surface area contributed by atoms with Crippen LogP contribution in [-0.4, -0.2) is 16.1 Å². The maximum atomic E-state index is 11.7. The van der Waals surface area contributed by atoms with Crippen molar-refractivity contribution >= 4 is 11.6 Å². The Balaban J connectivity index is 3.39. The van der Waals surface area contributed by atoms with Crippen molar-refractivity contribution in [2.45, 2.75) is 54.0 Å². The zero-order chi connectivity index (χ0) is 13.2. The predicted molar refractivity (Wildman–Crippen MR) is 68.8 cm³/mol. The number of Topliss-reactive ketones (excluding diaryl/α,β-unsaturated/α-hetero) is 2. The first-order valence-electron chi connectivity index (χ1n) is 6.13. The summed E-state index contributed by atoms with van der Waals surface area (Å²) in [6, 6.07) is 0. The van der Waals surface area contributed by atoms with E-state index in [0.717, 1.165) is 30.8 Å². The summed E-state index contributed by atoms with van der Waals surface area (Å²) >= 11 is 0. The monoisotopic (exact) mass is 235 g/mol. The van der Waals surface area contributed by atoms with Gasteiger partial charge in [-0.3, -0.25) is 9.59 Å². The second-order valence-electron chi connectivity index (χ2n) is 4.54. The molecule has 17 heavy (non-hydrogen) atoms. The number of aromatic nitrogens is 1. The van der Waals surface area contributed by atoms with E-state index in [9.17, 15) is 9.59 Å². The Kier molecular flexibility index (Phi) is 4.27. The highest BCUT2D eigenvalue weighted by atomic mass is 16.1. The molecule has 0 radical (unpaired) electrons. The van der Waals surface area contributed by atoms with Gasteiger partial charge in [-0.1, -0.05) is 13.3 Å². The van der Waals surface area contributed by atoms with Crippen LogP contribution in [0.3, 0.4) is 0 Å². The molecule has 3 nitrogen and oxygen atoms in total. The minimum Gasteiger partial charge on any atom is -0.348 e. The minimum atomic E-state index is -0.0222. The van der Waals surface area contributed by atoms with Gasteiger partial charge in [0.15, 0.2) is 11.6 Å². The minimum absolute atomic E-state index is 0.0222. The molecule has 0 fully saturated rings. The number of nitrogens with zero attached hydrogens (tertiary/aromatic N) is 1. The summed E-state index contributed by atoms with van der Waals surface area (Å²) in [5, 5.41) is 0. The van der Waals surface area contributed by atoms with Crippen molar-refractivity contribution in [2.24, 2.45) is 0 Å². The van der Waals surface area contributed by atoms with E-state index in [1.807, 2.05) is 13.8 Å². The van der Waals surface area contributed by atoms with Gasteiger partial charge in [-0.15, -0.1) is 0 Å². The summed E-state index contributed by atoms with van der Waals surface area (Å²) in [7, 11) is 0. The van der Waals surface area contributed by atoms with E-state index in [1.165, 1.54) is 13.8 Å². The number of ketones is 2. The summed E-state index contributed by atoms with van der Waals surface area (Å²) in [5.41, 5.74) is 3.06. The van der Waals surface area contributed by atoms with Crippen LogP contribution in [0.25, 0.3) is 0 Å². The Labute approximate surface area is 103 Å². The average Bonchev–Trinajstić information content (AvgIpc) is 2.48. The third-order valence-electron chi connectivity index (χ3n) is 3.22. The molecule has 0 unspecified atom stereocenters. The van der Waals surface area contributed by atoms with Gasteiger partial charge in [0.1, 0.15) is 0 Å². The molecule has 94 valence electrons. The standard InChI is InChI=1S/C14H21NO2/c1-6-7-8-15-9(2)13(11(4)16)14(10(15)3)12(5)17/h6-8H2,1-5H3. The molecule has 1 aromatic rings. The Hall–Kier alpha value is -1.38. The van der Waals surface area contributed by atoms with E-state index < -0.39 is 0 Å². The Morgan fingerprint density at radius 1 is 1.00 bits per heavy atom. The van der Waals surface area contributed by atoms with Crippen molar-refractivity contribution in [3.05, 3.63) is 22.5 Å². The van der Waals surface area contributed by atoms with Crippen LogP contribution in [0, 0.1) is 13.8 Å². The molecule has 3 heteroatoms. The molecule has 0 bridgehead atoms. The largest absolute Gasteiger partial charge is 0.348 e. The van der Waals surface area contributed by atoms with Crippen LogP contribution in [-0.2, 0) is 6.54 Å². The summed E-state index contributed by atoms with van der Waals surface area (Å²) in [6.45, 7) is 9.90. The number of carbonyl (C=O) groups excluding carboxylic acids is 2. The van der Waals surface area contributed by atoms with Gasteiger partial charge in [-0.2, -0.15) is 0 Å². The molecule has 1 heterocycles. The second kappa shape index (κ2) is 5.30. The topological polar surface area (TPSA) is 39.1 Å². The van der Waals surface area contributed by atoms with E-state index >= 15 is 0 Å². The van der Waals surface area contributed by atoms with Gasteiger partial charge in [0.05, 0.1) is 0 Å². The molecule has 0 aromatic carbocycles. The normalized spacial score (nSPS) is 10.6. The van der Waals surface area contributed by atoms with Crippen LogP contribution in [0.15, 0.2) is 0 Å². The van der Waals surface area contributed by atoms with Crippen LogP contribution in [0.5, 0.6) is 0 Å². The van der Waals surface area contributed by atoms with E-state index in [2.05, 4.69) is 11.5 Å². The maximum Gasteiger partial charge on any atom is 0.162 e. The molecular formula is C14H21NO2. The molecule has 0 saturated carbocycles. The molecule has 1 rings (SSSR count). The smallest absolute Gasteiger partial charge is 0.162 e. The van der Waals surface area contributed by atoms with Crippen LogP contribution in [0.1, 0.15) is 65.7 Å². The number of hydrogen-bond donors (Lipinski definition) is 0. The van der Waals surface area contributed by atoms with Gasteiger partial charge in [0.25, 0.3) is 0 Å². The van der Waals surface area contributed by atoms with Crippen molar-refractivity contribution in [2.75, 3.05) is 0 Å². The first-order chi connectivity index (χ1) is 7.91. The van der Waals surface area contributed by atoms with Gasteiger partial charge >= 0.3 is 0 Å². The van der Waals surface area contributed by atoms with Gasteiger partial charge < -0.3 is 4.57 Å². The van der Waals surface area contributed by atoms with Crippen molar-refractivity contribution in [3.8, 4) is 0 Å². The van der Waals surface area contributed by atoms with E-state index in [4.69, 9.17) is 0 Å². The molecule has 0 amide bonds. The molecule has 0 aliphatic heterocycles. The summed E-state index contributed by atoms with van der Waals surface area (Å²) < 4.78 is 2.09. The van der Waals surface area contributed by atoms with Crippen molar-refractivity contribution < 1.29 is 9.59 Å². The molecule has 0 atom stereocenters. The zero-order valence-electron chi connectivity index (χ0n) is 11.4. The highest BCUT2D eigenvalue weighted by Crippen LogP contribution is 2.24. The highest BCUT2D eigenvalue weighted by molar-refractivity contribution is 6.09. The maximum absolute atomic E-state index is 11.7. The fourth-order valence-corrected chi connectivity index (χ4v) is 2.40. The van der Waals surface area contributed by atoms with E-state index in [-0.39, 0.29) is 11.6 Å². The lowest BCUT2D eigenvalue weighted by molar-refractivity contribution is 0.0981. The molecule has 0 spiro atoms. The van der Waals surface area contributed by atoms with Crippen molar-refractivity contribution in [1.82, 2.24) is 4.57 Å². The number of carbonyl (C=O) groups is 2. The van der Waals surface area contributed by atoms with E-state index in [0.29, 0.717) is 11.1 Å². The van der Waals surface area contributed by atoms with Gasteiger partial charge in [0, 0.05) is 29.1 Å². The lowest BCUT2D eigenvalue weighted by atomic mass is 10.0. The molecule has 1 aromatic heterocycles. The molecular weight excluding hydrogens is 214 g/mol. The van der Waals surface area contributed by atoms with Crippen LogP contribution in [0.2, 0.25) is 0 Å². The zero-order valence-corrected chi connectivity index (χ0v) is 11.4. The average molecular weight is 235 g/mol. The van der Waals surface area contributed by atoms with Gasteiger partial charge in [-0.25, -0.2) is 0 Å². The highest BCUT2D eigenvalue weighted by Gasteiger charge is 2.22. The van der Waals surface area contributed by atoms with E-state index in [1.54, 1.807) is 0 Å². The lowest BCUT2D eigenvalue weighted by Gasteiger charge is -2.08. The molecule has 0 aliphatic rings. The molecule has 0 aliphatic carbocycles. The third kappa shape index (κ3) is 2.48. The summed E-state index contributed by atoms with van der Waals surface area (Å²) in [6.07, 6.45) is 2.16. The van der Waals surface area contributed by atoms with Crippen LogP contribution in [0.4, 0.5) is 0 Å². The third-order valence-corrected chi connectivity index (χ3v) is 3.22. The van der Waals surface area contributed by atoms with Crippen LogP contribution < -0.4 is 0 Å². The quantitative estimate of drug-likeness (QED) is 0.734. The Morgan fingerprint density at radius 2 is 1.41 bits per heavy atom.